The van der Waals surface area contributed by atoms with E-state index in [2.05, 4.69) is 24.3 Å². The Morgan fingerprint density at radius 3 is 2.71 bits per heavy atom. The summed E-state index contributed by atoms with van der Waals surface area (Å²) in [5.74, 6) is 8.15. The molecule has 94 valence electrons. The van der Waals surface area contributed by atoms with Gasteiger partial charge in [0.2, 0.25) is 0 Å². The molecule has 3 N–H and O–H groups in total. The summed E-state index contributed by atoms with van der Waals surface area (Å²) in [6.45, 7) is 4.32. The summed E-state index contributed by atoms with van der Waals surface area (Å²) >= 11 is 0. The zero-order valence-corrected chi connectivity index (χ0v) is 10.7. The van der Waals surface area contributed by atoms with Crippen molar-refractivity contribution in [3.8, 4) is 0 Å². The quantitative estimate of drug-likeness (QED) is 0.621. The molecule has 4 nitrogen and oxygen atoms in total. The molecule has 2 rings (SSSR count). The molecule has 0 bridgehead atoms. The first-order chi connectivity index (χ1) is 8.24. The van der Waals surface area contributed by atoms with E-state index in [0.717, 1.165) is 18.1 Å². The van der Waals surface area contributed by atoms with Crippen molar-refractivity contribution in [3.05, 3.63) is 17.6 Å². The molecule has 0 aliphatic heterocycles. The van der Waals surface area contributed by atoms with Gasteiger partial charge in [0.15, 0.2) is 0 Å². The van der Waals surface area contributed by atoms with Gasteiger partial charge in [-0.1, -0.05) is 26.7 Å². The van der Waals surface area contributed by atoms with Gasteiger partial charge in [0.05, 0.1) is 0 Å². The van der Waals surface area contributed by atoms with E-state index in [9.17, 15) is 0 Å². The molecule has 1 fully saturated rings. The second-order valence-corrected chi connectivity index (χ2v) is 4.97. The van der Waals surface area contributed by atoms with Crippen molar-refractivity contribution in [1.29, 1.82) is 0 Å². The number of hydrazine groups is 1. The maximum atomic E-state index is 5.49. The van der Waals surface area contributed by atoms with Crippen LogP contribution in [0.4, 0.5) is 5.82 Å². The predicted molar refractivity (Wildman–Crippen MR) is 69.8 cm³/mol. The summed E-state index contributed by atoms with van der Waals surface area (Å²) < 4.78 is 0. The summed E-state index contributed by atoms with van der Waals surface area (Å²) in [4.78, 5) is 9.17. The third-order valence-corrected chi connectivity index (χ3v) is 3.74. The van der Waals surface area contributed by atoms with Crippen LogP contribution in [0, 0.1) is 0 Å². The average molecular weight is 234 g/mol. The molecule has 1 aromatic heterocycles. The number of nitrogens with zero attached hydrogens (tertiary/aromatic N) is 2. The summed E-state index contributed by atoms with van der Waals surface area (Å²) in [6, 6.07) is 2.00. The Kier molecular flexibility index (Phi) is 3.94. The molecule has 0 amide bonds. The van der Waals surface area contributed by atoms with Crippen LogP contribution in [0.1, 0.15) is 69.3 Å². The first-order valence-electron chi connectivity index (χ1n) is 6.60. The van der Waals surface area contributed by atoms with Crippen LogP contribution in [0.5, 0.6) is 0 Å². The average Bonchev–Trinajstić information content (AvgIpc) is 2.91. The van der Waals surface area contributed by atoms with Crippen LogP contribution in [-0.4, -0.2) is 9.97 Å². The van der Waals surface area contributed by atoms with E-state index >= 15 is 0 Å². The molecule has 17 heavy (non-hydrogen) atoms. The van der Waals surface area contributed by atoms with E-state index in [-0.39, 0.29) is 0 Å². The lowest BCUT2D eigenvalue weighted by Crippen LogP contribution is -2.13. The standard InChI is InChI=1S/C13H22N4/c1-3-9(2)13-15-11(8-12(16-13)17-14)10-6-4-5-7-10/h8-10H,3-7,14H2,1-2H3,(H,15,16,17). The van der Waals surface area contributed by atoms with E-state index in [1.54, 1.807) is 0 Å². The van der Waals surface area contributed by atoms with E-state index in [0.29, 0.717) is 11.8 Å². The second kappa shape index (κ2) is 5.45. The van der Waals surface area contributed by atoms with Crippen LogP contribution in [0.3, 0.4) is 0 Å². The number of hydrogen-bond donors (Lipinski definition) is 2. The normalized spacial score (nSPS) is 18.3. The molecule has 1 aliphatic carbocycles. The van der Waals surface area contributed by atoms with Crippen LogP contribution in [0.15, 0.2) is 6.07 Å². The first-order valence-corrected chi connectivity index (χ1v) is 6.60. The molecular weight excluding hydrogens is 212 g/mol. The highest BCUT2D eigenvalue weighted by Gasteiger charge is 2.20. The molecule has 1 aliphatic rings. The third-order valence-electron chi connectivity index (χ3n) is 3.74. The fraction of sp³-hybridized carbons (Fsp3) is 0.692. The van der Waals surface area contributed by atoms with Crippen molar-refractivity contribution in [2.75, 3.05) is 5.43 Å². The van der Waals surface area contributed by atoms with Crippen molar-refractivity contribution in [3.63, 3.8) is 0 Å². The lowest BCUT2D eigenvalue weighted by Gasteiger charge is -2.14. The molecule has 1 heterocycles. The highest BCUT2D eigenvalue weighted by Crippen LogP contribution is 2.34. The zero-order valence-electron chi connectivity index (χ0n) is 10.7. The van der Waals surface area contributed by atoms with E-state index < -0.39 is 0 Å². The smallest absolute Gasteiger partial charge is 0.143 e. The summed E-state index contributed by atoms with van der Waals surface area (Å²) in [5.41, 5.74) is 3.83. The van der Waals surface area contributed by atoms with E-state index in [1.807, 2.05) is 6.07 Å². The minimum Gasteiger partial charge on any atom is -0.308 e. The van der Waals surface area contributed by atoms with Crippen LogP contribution in [0.2, 0.25) is 0 Å². The van der Waals surface area contributed by atoms with Gasteiger partial charge in [0, 0.05) is 23.6 Å². The number of anilines is 1. The highest BCUT2D eigenvalue weighted by molar-refractivity contribution is 5.36. The van der Waals surface area contributed by atoms with E-state index in [1.165, 1.54) is 31.4 Å². The van der Waals surface area contributed by atoms with Crippen molar-refractivity contribution in [1.82, 2.24) is 9.97 Å². The lowest BCUT2D eigenvalue weighted by molar-refractivity contribution is 0.640. The Morgan fingerprint density at radius 1 is 1.41 bits per heavy atom. The van der Waals surface area contributed by atoms with Crippen LogP contribution < -0.4 is 11.3 Å². The minimum absolute atomic E-state index is 0.392. The summed E-state index contributed by atoms with van der Waals surface area (Å²) in [7, 11) is 0. The molecule has 4 heteroatoms. The minimum atomic E-state index is 0.392. The Bertz CT molecular complexity index is 372. The van der Waals surface area contributed by atoms with Gasteiger partial charge < -0.3 is 5.43 Å². The fourth-order valence-electron chi connectivity index (χ4n) is 2.39. The molecule has 1 aromatic rings. The summed E-state index contributed by atoms with van der Waals surface area (Å²) in [5, 5.41) is 0. The number of nitrogens with one attached hydrogen (secondary N) is 1. The van der Waals surface area contributed by atoms with Crippen LogP contribution >= 0.6 is 0 Å². The number of aromatic nitrogens is 2. The predicted octanol–water partition coefficient (Wildman–Crippen LogP) is 2.93. The van der Waals surface area contributed by atoms with Gasteiger partial charge in [-0.2, -0.15) is 0 Å². The second-order valence-electron chi connectivity index (χ2n) is 4.97. The maximum Gasteiger partial charge on any atom is 0.143 e. The number of nitrogen functional groups attached to an aromatic ring is 1. The Labute approximate surface area is 103 Å². The Hall–Kier alpha value is -1.16. The molecule has 0 spiro atoms. The van der Waals surface area contributed by atoms with Gasteiger partial charge >= 0.3 is 0 Å². The molecule has 0 radical (unpaired) electrons. The topological polar surface area (TPSA) is 63.8 Å². The van der Waals surface area contributed by atoms with Gasteiger partial charge in [-0.05, 0) is 19.3 Å². The van der Waals surface area contributed by atoms with Crippen LogP contribution in [0.25, 0.3) is 0 Å². The summed E-state index contributed by atoms with van der Waals surface area (Å²) in [6.07, 6.45) is 6.19. The van der Waals surface area contributed by atoms with Gasteiger partial charge in [-0.15, -0.1) is 0 Å². The lowest BCUT2D eigenvalue weighted by atomic mass is 10.0. The third kappa shape index (κ3) is 2.75. The molecule has 1 saturated carbocycles. The molecule has 0 saturated heterocycles. The molecule has 0 aromatic carbocycles. The molecule has 1 atom stereocenters. The van der Waals surface area contributed by atoms with Crippen molar-refractivity contribution < 1.29 is 0 Å². The SMILES string of the molecule is CCC(C)c1nc(NN)cc(C2CCCC2)n1. The van der Waals surface area contributed by atoms with Gasteiger partial charge in [-0.25, -0.2) is 15.8 Å². The Balaban J connectivity index is 2.30. The number of rotatable bonds is 4. The fourth-order valence-corrected chi connectivity index (χ4v) is 2.39. The van der Waals surface area contributed by atoms with Crippen LogP contribution in [-0.2, 0) is 0 Å². The number of hydrogen-bond acceptors (Lipinski definition) is 4. The largest absolute Gasteiger partial charge is 0.308 e. The van der Waals surface area contributed by atoms with Gasteiger partial charge in [-0.3, -0.25) is 0 Å². The first kappa shape index (κ1) is 12.3. The monoisotopic (exact) mass is 234 g/mol. The molecular formula is C13H22N4. The highest BCUT2D eigenvalue weighted by atomic mass is 15.3. The zero-order chi connectivity index (χ0) is 12.3. The van der Waals surface area contributed by atoms with Gasteiger partial charge in [0.1, 0.15) is 11.6 Å². The van der Waals surface area contributed by atoms with Crippen molar-refractivity contribution in [2.24, 2.45) is 5.84 Å². The Morgan fingerprint density at radius 2 is 2.12 bits per heavy atom. The number of nitrogens with two attached hydrogens (primary N) is 1. The van der Waals surface area contributed by atoms with Crippen molar-refractivity contribution in [2.45, 2.75) is 57.8 Å². The van der Waals surface area contributed by atoms with Gasteiger partial charge in [0.25, 0.3) is 0 Å². The van der Waals surface area contributed by atoms with E-state index in [4.69, 9.17) is 10.8 Å². The van der Waals surface area contributed by atoms with Crippen molar-refractivity contribution >= 4 is 5.82 Å². The molecule has 1 unspecified atom stereocenters. The maximum absolute atomic E-state index is 5.49.